The molecular formula is C13H18BrFN2. The summed E-state index contributed by atoms with van der Waals surface area (Å²) in [5, 5.41) is 0. The number of likely N-dealkylation sites (tertiary alicyclic amines) is 1. The van der Waals surface area contributed by atoms with Crippen LogP contribution in [0.15, 0.2) is 22.7 Å². The molecule has 0 bridgehead atoms. The molecule has 1 aliphatic rings. The summed E-state index contributed by atoms with van der Waals surface area (Å²) in [4.78, 5) is 2.30. The van der Waals surface area contributed by atoms with Crippen LogP contribution in [0.5, 0.6) is 0 Å². The molecule has 0 radical (unpaired) electrons. The lowest BCUT2D eigenvalue weighted by Crippen LogP contribution is -2.47. The first-order valence-corrected chi connectivity index (χ1v) is 6.77. The Bertz CT molecular complexity index is 397. The van der Waals surface area contributed by atoms with Crippen molar-refractivity contribution in [2.24, 2.45) is 11.7 Å². The molecule has 1 aromatic rings. The minimum Gasteiger partial charge on any atom is -0.326 e. The lowest BCUT2D eigenvalue weighted by atomic mass is 9.94. The number of nitrogens with two attached hydrogens (primary N) is 1. The van der Waals surface area contributed by atoms with E-state index in [2.05, 4.69) is 27.8 Å². The third-order valence-corrected chi connectivity index (χ3v) is 4.13. The Morgan fingerprint density at radius 3 is 2.94 bits per heavy atom. The number of nitrogens with zero attached hydrogens (tertiary/aromatic N) is 1. The molecule has 0 amide bonds. The zero-order valence-electron chi connectivity index (χ0n) is 10.00. The average molecular weight is 301 g/mol. The Labute approximate surface area is 110 Å². The largest absolute Gasteiger partial charge is 0.326 e. The van der Waals surface area contributed by atoms with Gasteiger partial charge in [-0.15, -0.1) is 0 Å². The van der Waals surface area contributed by atoms with Gasteiger partial charge in [-0.2, -0.15) is 0 Å². The van der Waals surface area contributed by atoms with E-state index in [1.165, 1.54) is 0 Å². The predicted molar refractivity (Wildman–Crippen MR) is 71.1 cm³/mol. The lowest BCUT2D eigenvalue weighted by Gasteiger charge is -2.35. The molecule has 1 aromatic carbocycles. The van der Waals surface area contributed by atoms with Gasteiger partial charge in [0.05, 0.1) is 4.47 Å². The van der Waals surface area contributed by atoms with Crippen LogP contribution in [0.1, 0.15) is 18.9 Å². The van der Waals surface area contributed by atoms with Crippen LogP contribution in [-0.4, -0.2) is 24.0 Å². The third kappa shape index (κ3) is 3.27. The van der Waals surface area contributed by atoms with Gasteiger partial charge in [0.1, 0.15) is 5.82 Å². The molecule has 1 fully saturated rings. The summed E-state index contributed by atoms with van der Waals surface area (Å²) in [6.07, 6.45) is 1.13. The molecule has 1 aliphatic heterocycles. The van der Waals surface area contributed by atoms with Gasteiger partial charge in [0.25, 0.3) is 0 Å². The van der Waals surface area contributed by atoms with E-state index < -0.39 is 0 Å². The fraction of sp³-hybridized carbons (Fsp3) is 0.538. The lowest BCUT2D eigenvalue weighted by molar-refractivity contribution is 0.162. The highest BCUT2D eigenvalue weighted by molar-refractivity contribution is 9.10. The van der Waals surface area contributed by atoms with E-state index in [9.17, 15) is 4.39 Å². The molecule has 1 saturated heterocycles. The molecule has 0 aliphatic carbocycles. The molecule has 2 atom stereocenters. The van der Waals surface area contributed by atoms with Gasteiger partial charge in [0, 0.05) is 19.1 Å². The summed E-state index contributed by atoms with van der Waals surface area (Å²) in [6.45, 7) is 4.93. The van der Waals surface area contributed by atoms with Gasteiger partial charge >= 0.3 is 0 Å². The van der Waals surface area contributed by atoms with Crippen molar-refractivity contribution in [3.05, 3.63) is 34.1 Å². The Kier molecular flexibility index (Phi) is 4.17. The summed E-state index contributed by atoms with van der Waals surface area (Å²) in [5.41, 5.74) is 7.06. The number of piperidine rings is 1. The normalized spacial score (nSPS) is 26.1. The summed E-state index contributed by atoms with van der Waals surface area (Å²) < 4.78 is 13.9. The molecule has 0 aromatic heterocycles. The first-order valence-electron chi connectivity index (χ1n) is 5.98. The van der Waals surface area contributed by atoms with E-state index in [1.807, 2.05) is 6.07 Å². The first-order chi connectivity index (χ1) is 8.06. The van der Waals surface area contributed by atoms with Gasteiger partial charge in [-0.3, -0.25) is 4.90 Å². The van der Waals surface area contributed by atoms with E-state index in [1.54, 1.807) is 12.1 Å². The maximum absolute atomic E-state index is 13.4. The number of rotatable bonds is 2. The molecule has 0 spiro atoms. The van der Waals surface area contributed by atoms with Crippen molar-refractivity contribution < 1.29 is 4.39 Å². The van der Waals surface area contributed by atoms with Gasteiger partial charge < -0.3 is 5.73 Å². The van der Waals surface area contributed by atoms with Gasteiger partial charge in [-0.25, -0.2) is 4.39 Å². The quantitative estimate of drug-likeness (QED) is 0.910. The van der Waals surface area contributed by atoms with Crippen molar-refractivity contribution >= 4 is 15.9 Å². The van der Waals surface area contributed by atoms with Crippen molar-refractivity contribution in [1.82, 2.24) is 4.90 Å². The average Bonchev–Trinajstić information content (AvgIpc) is 2.29. The minimum atomic E-state index is -0.197. The standard InChI is InChI=1S/C13H18BrFN2/c1-9-4-5-17(8-13(9)16)7-10-2-3-11(14)12(15)6-10/h2-3,6,9,13H,4-5,7-8,16H2,1H3. The van der Waals surface area contributed by atoms with Gasteiger partial charge in [0.2, 0.25) is 0 Å². The molecule has 4 heteroatoms. The number of hydrogen-bond donors (Lipinski definition) is 1. The molecule has 17 heavy (non-hydrogen) atoms. The fourth-order valence-corrected chi connectivity index (χ4v) is 2.46. The SMILES string of the molecule is CC1CCN(Cc2ccc(Br)c(F)c2)CC1N. The van der Waals surface area contributed by atoms with Crippen LogP contribution < -0.4 is 5.73 Å². The zero-order chi connectivity index (χ0) is 12.4. The van der Waals surface area contributed by atoms with Crippen molar-refractivity contribution in [1.29, 1.82) is 0 Å². The Morgan fingerprint density at radius 2 is 2.29 bits per heavy atom. The second kappa shape index (κ2) is 5.46. The monoisotopic (exact) mass is 300 g/mol. The second-order valence-corrected chi connectivity index (χ2v) is 5.77. The highest BCUT2D eigenvalue weighted by atomic mass is 79.9. The van der Waals surface area contributed by atoms with Crippen LogP contribution in [0.3, 0.4) is 0 Å². The summed E-state index contributed by atoms with van der Waals surface area (Å²) in [7, 11) is 0. The molecular weight excluding hydrogens is 283 g/mol. The van der Waals surface area contributed by atoms with E-state index in [0.29, 0.717) is 10.4 Å². The van der Waals surface area contributed by atoms with Crippen LogP contribution in [0.4, 0.5) is 4.39 Å². The Morgan fingerprint density at radius 1 is 1.53 bits per heavy atom. The highest BCUT2D eigenvalue weighted by Crippen LogP contribution is 2.20. The van der Waals surface area contributed by atoms with Gasteiger partial charge in [-0.05, 0) is 52.5 Å². The van der Waals surface area contributed by atoms with Crippen LogP contribution in [0.2, 0.25) is 0 Å². The molecule has 2 nitrogen and oxygen atoms in total. The summed E-state index contributed by atoms with van der Waals surface area (Å²) in [6, 6.07) is 5.55. The van der Waals surface area contributed by atoms with Crippen LogP contribution in [0.25, 0.3) is 0 Å². The molecule has 1 heterocycles. The maximum Gasteiger partial charge on any atom is 0.137 e. The molecule has 2 N–H and O–H groups in total. The van der Waals surface area contributed by atoms with E-state index in [4.69, 9.17) is 5.73 Å². The van der Waals surface area contributed by atoms with E-state index in [-0.39, 0.29) is 11.9 Å². The Hall–Kier alpha value is -0.450. The maximum atomic E-state index is 13.4. The fourth-order valence-electron chi connectivity index (χ4n) is 2.21. The number of hydrogen-bond acceptors (Lipinski definition) is 2. The van der Waals surface area contributed by atoms with E-state index in [0.717, 1.165) is 31.6 Å². The highest BCUT2D eigenvalue weighted by Gasteiger charge is 2.22. The third-order valence-electron chi connectivity index (χ3n) is 3.49. The second-order valence-electron chi connectivity index (χ2n) is 4.91. The smallest absolute Gasteiger partial charge is 0.137 e. The van der Waals surface area contributed by atoms with Crippen molar-refractivity contribution in [2.75, 3.05) is 13.1 Å². The zero-order valence-corrected chi connectivity index (χ0v) is 11.6. The van der Waals surface area contributed by atoms with Gasteiger partial charge in [0.15, 0.2) is 0 Å². The molecule has 94 valence electrons. The summed E-state index contributed by atoms with van der Waals surface area (Å²) in [5.74, 6) is 0.394. The minimum absolute atomic E-state index is 0.197. The molecule has 0 saturated carbocycles. The van der Waals surface area contributed by atoms with Crippen LogP contribution in [-0.2, 0) is 6.54 Å². The van der Waals surface area contributed by atoms with Crippen LogP contribution >= 0.6 is 15.9 Å². The molecule has 2 rings (SSSR count). The van der Waals surface area contributed by atoms with Crippen molar-refractivity contribution in [3.63, 3.8) is 0 Å². The van der Waals surface area contributed by atoms with Crippen molar-refractivity contribution in [2.45, 2.75) is 25.9 Å². The summed E-state index contributed by atoms with van der Waals surface area (Å²) >= 11 is 3.16. The first kappa shape index (κ1) is 13.0. The van der Waals surface area contributed by atoms with Gasteiger partial charge in [-0.1, -0.05) is 13.0 Å². The topological polar surface area (TPSA) is 29.3 Å². The number of halogens is 2. The van der Waals surface area contributed by atoms with Crippen LogP contribution in [0, 0.1) is 11.7 Å². The Balaban J connectivity index is 1.99. The molecule has 2 unspecified atom stereocenters. The van der Waals surface area contributed by atoms with E-state index >= 15 is 0 Å². The number of benzene rings is 1. The van der Waals surface area contributed by atoms with Crippen molar-refractivity contribution in [3.8, 4) is 0 Å². The predicted octanol–water partition coefficient (Wildman–Crippen LogP) is 2.76.